The lowest BCUT2D eigenvalue weighted by Crippen LogP contribution is -2.33. The molecule has 0 radical (unpaired) electrons. The van der Waals surface area contributed by atoms with E-state index in [1.54, 1.807) is 0 Å². The van der Waals surface area contributed by atoms with Gasteiger partial charge in [0.25, 0.3) is 0 Å². The van der Waals surface area contributed by atoms with Crippen molar-refractivity contribution in [3.8, 4) is 0 Å². The van der Waals surface area contributed by atoms with Crippen molar-refractivity contribution in [3.63, 3.8) is 0 Å². The van der Waals surface area contributed by atoms with Gasteiger partial charge in [0.05, 0.1) is 0 Å². The summed E-state index contributed by atoms with van der Waals surface area (Å²) in [5, 5.41) is 8.97. The van der Waals surface area contributed by atoms with Crippen molar-refractivity contribution in [2.75, 3.05) is 19.6 Å². The minimum atomic E-state index is -0.477. The molecule has 0 aliphatic carbocycles. The SMILES string of the molecule is CC(C)(C)OC(=O)NCCCCCNC(=O)CCCCN=[N+]=[N-]. The second kappa shape index (κ2) is 12.6. The number of rotatable bonds is 11. The van der Waals surface area contributed by atoms with Crippen molar-refractivity contribution in [1.82, 2.24) is 10.6 Å². The van der Waals surface area contributed by atoms with E-state index in [-0.39, 0.29) is 5.91 Å². The highest BCUT2D eigenvalue weighted by Gasteiger charge is 2.15. The number of unbranched alkanes of at least 4 members (excludes halogenated alkanes) is 3. The molecule has 0 atom stereocenters. The van der Waals surface area contributed by atoms with Crippen LogP contribution in [0.3, 0.4) is 0 Å². The Kier molecular flexibility index (Phi) is 11.5. The Morgan fingerprint density at radius 2 is 1.70 bits per heavy atom. The molecule has 0 fully saturated rings. The summed E-state index contributed by atoms with van der Waals surface area (Å²) >= 11 is 0. The summed E-state index contributed by atoms with van der Waals surface area (Å²) in [5.41, 5.74) is 7.63. The molecular weight excluding hydrogens is 298 g/mol. The Morgan fingerprint density at radius 3 is 2.30 bits per heavy atom. The van der Waals surface area contributed by atoms with Gasteiger partial charge in [0, 0.05) is 31.0 Å². The standard InChI is InChI=1S/C15H29N5O3/c1-15(2,3)23-14(22)18-11-7-4-6-10-17-13(21)9-5-8-12-19-20-16/h4-12H2,1-3H3,(H,17,21)(H,18,22). The first-order valence-corrected chi connectivity index (χ1v) is 8.09. The monoisotopic (exact) mass is 327 g/mol. The van der Waals surface area contributed by atoms with Gasteiger partial charge in [-0.1, -0.05) is 5.11 Å². The van der Waals surface area contributed by atoms with Crippen molar-refractivity contribution in [2.45, 2.75) is 64.9 Å². The number of ether oxygens (including phenoxy) is 1. The number of nitrogens with zero attached hydrogens (tertiary/aromatic N) is 3. The van der Waals surface area contributed by atoms with E-state index in [1.807, 2.05) is 20.8 Å². The third kappa shape index (κ3) is 16.2. The van der Waals surface area contributed by atoms with E-state index >= 15 is 0 Å². The highest BCUT2D eigenvalue weighted by Crippen LogP contribution is 2.06. The third-order valence-electron chi connectivity index (χ3n) is 2.82. The predicted molar refractivity (Wildman–Crippen MR) is 89.0 cm³/mol. The molecule has 0 saturated heterocycles. The number of amides is 2. The molecular formula is C15H29N5O3. The normalized spacial score (nSPS) is 10.6. The minimum absolute atomic E-state index is 0.0258. The first-order chi connectivity index (χ1) is 10.8. The molecule has 0 heterocycles. The fourth-order valence-corrected chi connectivity index (χ4v) is 1.76. The van der Waals surface area contributed by atoms with E-state index in [4.69, 9.17) is 10.3 Å². The van der Waals surface area contributed by atoms with Crippen LogP contribution in [-0.2, 0) is 9.53 Å². The quantitative estimate of drug-likeness (QED) is 0.262. The van der Waals surface area contributed by atoms with Crippen LogP contribution in [0.15, 0.2) is 5.11 Å². The highest BCUT2D eigenvalue weighted by atomic mass is 16.6. The van der Waals surface area contributed by atoms with Crippen LogP contribution in [0.5, 0.6) is 0 Å². The van der Waals surface area contributed by atoms with Crippen LogP contribution in [0, 0.1) is 0 Å². The number of azide groups is 1. The highest BCUT2D eigenvalue weighted by molar-refractivity contribution is 5.75. The Bertz CT molecular complexity index is 400. The van der Waals surface area contributed by atoms with Gasteiger partial charge in [-0.25, -0.2) is 4.79 Å². The molecule has 2 N–H and O–H groups in total. The predicted octanol–water partition coefficient (Wildman–Crippen LogP) is 3.28. The van der Waals surface area contributed by atoms with Gasteiger partial charge in [0.2, 0.25) is 5.91 Å². The average molecular weight is 327 g/mol. The third-order valence-corrected chi connectivity index (χ3v) is 2.82. The Labute approximate surface area is 138 Å². The van der Waals surface area contributed by atoms with Crippen LogP contribution in [0.4, 0.5) is 4.79 Å². The summed E-state index contributed by atoms with van der Waals surface area (Å²) in [6.45, 7) is 7.13. The first-order valence-electron chi connectivity index (χ1n) is 8.09. The molecule has 132 valence electrons. The topological polar surface area (TPSA) is 116 Å². The molecule has 0 aromatic heterocycles. The van der Waals surface area contributed by atoms with Crippen LogP contribution in [-0.4, -0.2) is 37.2 Å². The van der Waals surface area contributed by atoms with E-state index in [1.165, 1.54) is 0 Å². The van der Waals surface area contributed by atoms with Gasteiger partial charge in [-0.3, -0.25) is 4.79 Å². The summed E-state index contributed by atoms with van der Waals surface area (Å²) in [6, 6.07) is 0. The number of hydrogen-bond donors (Lipinski definition) is 2. The van der Waals surface area contributed by atoms with E-state index in [9.17, 15) is 9.59 Å². The molecule has 0 unspecified atom stereocenters. The summed E-state index contributed by atoms with van der Waals surface area (Å²) in [4.78, 5) is 25.5. The summed E-state index contributed by atoms with van der Waals surface area (Å²) in [6.07, 6.45) is 4.17. The fraction of sp³-hybridized carbons (Fsp3) is 0.867. The lowest BCUT2D eigenvalue weighted by Gasteiger charge is -2.19. The molecule has 0 rings (SSSR count). The van der Waals surface area contributed by atoms with E-state index in [2.05, 4.69) is 20.7 Å². The fourth-order valence-electron chi connectivity index (χ4n) is 1.76. The summed E-state index contributed by atoms with van der Waals surface area (Å²) in [5.74, 6) is 0.0258. The second-order valence-electron chi connectivity index (χ2n) is 6.25. The second-order valence-corrected chi connectivity index (χ2v) is 6.25. The van der Waals surface area contributed by atoms with Gasteiger partial charge in [-0.05, 0) is 58.4 Å². The van der Waals surface area contributed by atoms with E-state index in [0.29, 0.717) is 26.1 Å². The van der Waals surface area contributed by atoms with Gasteiger partial charge in [-0.15, -0.1) is 0 Å². The zero-order valence-electron chi connectivity index (χ0n) is 14.4. The molecule has 0 aliphatic rings. The van der Waals surface area contributed by atoms with E-state index < -0.39 is 11.7 Å². The van der Waals surface area contributed by atoms with Crippen molar-refractivity contribution < 1.29 is 14.3 Å². The van der Waals surface area contributed by atoms with Crippen molar-refractivity contribution >= 4 is 12.0 Å². The maximum atomic E-state index is 11.5. The lowest BCUT2D eigenvalue weighted by atomic mass is 10.2. The molecule has 0 aliphatic heterocycles. The molecule has 8 nitrogen and oxygen atoms in total. The van der Waals surface area contributed by atoms with Gasteiger partial charge in [-0.2, -0.15) is 0 Å². The largest absolute Gasteiger partial charge is 0.444 e. The van der Waals surface area contributed by atoms with Gasteiger partial charge in [0.1, 0.15) is 5.60 Å². The van der Waals surface area contributed by atoms with Crippen LogP contribution < -0.4 is 10.6 Å². The zero-order chi connectivity index (χ0) is 17.6. The molecule has 0 aromatic carbocycles. The van der Waals surface area contributed by atoms with Crippen molar-refractivity contribution in [3.05, 3.63) is 10.4 Å². The molecule has 23 heavy (non-hydrogen) atoms. The number of carbonyl (C=O) groups is 2. The van der Waals surface area contributed by atoms with Gasteiger partial charge >= 0.3 is 6.09 Å². The molecule has 8 heteroatoms. The van der Waals surface area contributed by atoms with Crippen molar-refractivity contribution in [2.24, 2.45) is 5.11 Å². The van der Waals surface area contributed by atoms with Gasteiger partial charge < -0.3 is 15.4 Å². The molecule has 0 saturated carbocycles. The Morgan fingerprint density at radius 1 is 1.04 bits per heavy atom. The number of alkyl carbamates (subject to hydrolysis) is 1. The van der Waals surface area contributed by atoms with E-state index in [0.717, 1.165) is 32.1 Å². The molecule has 2 amide bonds. The first kappa shape index (κ1) is 21.0. The molecule has 0 spiro atoms. The number of nitrogens with one attached hydrogen (secondary N) is 2. The van der Waals surface area contributed by atoms with Gasteiger partial charge in [0.15, 0.2) is 0 Å². The number of carbonyl (C=O) groups excluding carboxylic acids is 2. The average Bonchev–Trinajstić information content (AvgIpc) is 2.44. The van der Waals surface area contributed by atoms with Crippen LogP contribution >= 0.6 is 0 Å². The molecule has 0 aromatic rings. The molecule has 0 bridgehead atoms. The minimum Gasteiger partial charge on any atom is -0.444 e. The zero-order valence-corrected chi connectivity index (χ0v) is 14.4. The van der Waals surface area contributed by atoms with Crippen LogP contribution in [0.1, 0.15) is 59.3 Å². The van der Waals surface area contributed by atoms with Crippen LogP contribution in [0.2, 0.25) is 0 Å². The maximum Gasteiger partial charge on any atom is 0.407 e. The Hall–Kier alpha value is -1.95. The smallest absolute Gasteiger partial charge is 0.407 e. The number of hydrogen-bond acceptors (Lipinski definition) is 4. The summed E-state index contributed by atoms with van der Waals surface area (Å²) < 4.78 is 5.13. The summed E-state index contributed by atoms with van der Waals surface area (Å²) in [7, 11) is 0. The van der Waals surface area contributed by atoms with Crippen LogP contribution in [0.25, 0.3) is 10.4 Å². The Balaban J connectivity index is 3.40. The van der Waals surface area contributed by atoms with Crippen molar-refractivity contribution in [1.29, 1.82) is 0 Å². The lowest BCUT2D eigenvalue weighted by molar-refractivity contribution is -0.121. The maximum absolute atomic E-state index is 11.5.